The van der Waals surface area contributed by atoms with Gasteiger partial charge in [-0.1, -0.05) is 12.1 Å². The number of amidine groups is 1. The highest BCUT2D eigenvalue weighted by molar-refractivity contribution is 7.90. The van der Waals surface area contributed by atoms with E-state index in [1.165, 1.54) is 12.1 Å². The third-order valence-electron chi connectivity index (χ3n) is 3.65. The standard InChI is InChI=1S/C17H18N4O3S/c1-12-5-2-8-15(19-12)17(22)20-13-6-3-7-14(11-13)25(23,24)21-16-9-4-10-18-16/h2-3,5-8,11H,4,9-10H2,1H3,(H,18,21)(H,20,22). The van der Waals surface area contributed by atoms with Gasteiger partial charge in [0.2, 0.25) is 0 Å². The minimum absolute atomic E-state index is 0.0668. The van der Waals surface area contributed by atoms with Gasteiger partial charge in [0.15, 0.2) is 0 Å². The van der Waals surface area contributed by atoms with Crippen molar-refractivity contribution in [3.63, 3.8) is 0 Å². The van der Waals surface area contributed by atoms with Gasteiger partial charge < -0.3 is 5.32 Å². The van der Waals surface area contributed by atoms with Gasteiger partial charge in [0.1, 0.15) is 11.5 Å². The van der Waals surface area contributed by atoms with Crippen molar-refractivity contribution in [2.75, 3.05) is 11.9 Å². The third-order valence-corrected chi connectivity index (χ3v) is 5.03. The van der Waals surface area contributed by atoms with E-state index in [2.05, 4.69) is 20.0 Å². The van der Waals surface area contributed by atoms with Crippen LogP contribution in [0.4, 0.5) is 5.69 Å². The number of pyridine rings is 1. The van der Waals surface area contributed by atoms with Crippen LogP contribution >= 0.6 is 0 Å². The fraction of sp³-hybridized carbons (Fsp3) is 0.235. The number of hydrogen-bond donors (Lipinski definition) is 2. The summed E-state index contributed by atoms with van der Waals surface area (Å²) < 4.78 is 27.3. The number of nitrogens with one attached hydrogen (secondary N) is 2. The molecule has 0 saturated heterocycles. The smallest absolute Gasteiger partial charge is 0.274 e. The van der Waals surface area contributed by atoms with Gasteiger partial charge in [0.25, 0.3) is 15.9 Å². The van der Waals surface area contributed by atoms with Crippen molar-refractivity contribution in [2.45, 2.75) is 24.7 Å². The lowest BCUT2D eigenvalue weighted by Crippen LogP contribution is -2.29. The quantitative estimate of drug-likeness (QED) is 0.874. The van der Waals surface area contributed by atoms with Crippen molar-refractivity contribution in [1.29, 1.82) is 0 Å². The zero-order valence-electron chi connectivity index (χ0n) is 13.7. The lowest BCUT2D eigenvalue weighted by molar-refractivity contribution is 0.102. The molecule has 130 valence electrons. The first-order valence-corrected chi connectivity index (χ1v) is 9.33. The highest BCUT2D eigenvalue weighted by Gasteiger charge is 2.19. The van der Waals surface area contributed by atoms with E-state index in [4.69, 9.17) is 0 Å². The predicted molar refractivity (Wildman–Crippen MR) is 95.2 cm³/mol. The number of rotatable bonds is 4. The molecule has 25 heavy (non-hydrogen) atoms. The van der Waals surface area contributed by atoms with Gasteiger partial charge in [0, 0.05) is 24.3 Å². The Labute approximate surface area is 146 Å². The number of aromatic nitrogens is 1. The van der Waals surface area contributed by atoms with E-state index in [1.807, 2.05) is 0 Å². The maximum absolute atomic E-state index is 12.4. The first-order valence-electron chi connectivity index (χ1n) is 7.85. The zero-order chi connectivity index (χ0) is 17.9. The zero-order valence-corrected chi connectivity index (χ0v) is 14.5. The Morgan fingerprint density at radius 2 is 1.96 bits per heavy atom. The molecule has 0 saturated carbocycles. The second kappa shape index (κ2) is 7.02. The maximum Gasteiger partial charge on any atom is 0.274 e. The summed E-state index contributed by atoms with van der Waals surface area (Å²) in [5.74, 6) is 0.0739. The summed E-state index contributed by atoms with van der Waals surface area (Å²) in [6.45, 7) is 2.43. The number of benzene rings is 1. The molecule has 0 radical (unpaired) electrons. The van der Waals surface area contributed by atoms with E-state index in [1.54, 1.807) is 37.3 Å². The Morgan fingerprint density at radius 1 is 1.16 bits per heavy atom. The first kappa shape index (κ1) is 17.1. The van der Waals surface area contributed by atoms with Crippen molar-refractivity contribution in [1.82, 2.24) is 9.71 Å². The van der Waals surface area contributed by atoms with Crippen LogP contribution in [-0.4, -0.2) is 31.7 Å². The van der Waals surface area contributed by atoms with Crippen LogP contribution in [0.5, 0.6) is 0 Å². The average molecular weight is 358 g/mol. The van der Waals surface area contributed by atoms with Gasteiger partial charge in [-0.05, 0) is 43.7 Å². The Bertz CT molecular complexity index is 938. The summed E-state index contributed by atoms with van der Waals surface area (Å²) in [4.78, 5) is 20.6. The van der Waals surface area contributed by atoms with Crippen LogP contribution in [0.25, 0.3) is 0 Å². The number of hydrogen-bond acceptors (Lipinski definition) is 5. The second-order valence-corrected chi connectivity index (χ2v) is 7.37. The van der Waals surface area contributed by atoms with Crippen LogP contribution in [0, 0.1) is 6.92 Å². The summed E-state index contributed by atoms with van der Waals surface area (Å²) >= 11 is 0. The molecule has 3 rings (SSSR count). The SMILES string of the molecule is Cc1cccc(C(=O)Nc2cccc(S(=O)(=O)NC3=NCCC3)c2)n1. The largest absolute Gasteiger partial charge is 0.321 e. The Kier molecular flexibility index (Phi) is 4.80. The van der Waals surface area contributed by atoms with E-state index in [-0.39, 0.29) is 10.6 Å². The van der Waals surface area contributed by atoms with Gasteiger partial charge >= 0.3 is 0 Å². The van der Waals surface area contributed by atoms with Crippen LogP contribution in [0.2, 0.25) is 0 Å². The molecule has 8 heteroatoms. The van der Waals surface area contributed by atoms with Gasteiger partial charge in [0.05, 0.1) is 4.90 Å². The van der Waals surface area contributed by atoms with Crippen LogP contribution < -0.4 is 10.0 Å². The van der Waals surface area contributed by atoms with Crippen molar-refractivity contribution < 1.29 is 13.2 Å². The van der Waals surface area contributed by atoms with E-state index in [0.29, 0.717) is 24.5 Å². The molecule has 0 bridgehead atoms. The topological polar surface area (TPSA) is 101 Å². The molecule has 2 heterocycles. The fourth-order valence-electron chi connectivity index (χ4n) is 2.44. The van der Waals surface area contributed by atoms with Crippen molar-refractivity contribution in [3.05, 3.63) is 53.9 Å². The summed E-state index contributed by atoms with van der Waals surface area (Å²) in [5.41, 5.74) is 1.38. The molecular weight excluding hydrogens is 340 g/mol. The summed E-state index contributed by atoms with van der Waals surface area (Å²) in [6, 6.07) is 11.2. The molecule has 1 aromatic carbocycles. The normalized spacial score (nSPS) is 14.0. The van der Waals surface area contributed by atoms with Gasteiger partial charge in [-0.15, -0.1) is 0 Å². The number of nitrogens with zero attached hydrogens (tertiary/aromatic N) is 2. The lowest BCUT2D eigenvalue weighted by Gasteiger charge is -2.10. The summed E-state index contributed by atoms with van der Waals surface area (Å²) in [5, 5.41) is 2.67. The van der Waals surface area contributed by atoms with E-state index < -0.39 is 15.9 Å². The molecule has 7 nitrogen and oxygen atoms in total. The molecule has 1 aliphatic heterocycles. The second-order valence-electron chi connectivity index (χ2n) is 5.68. The summed E-state index contributed by atoms with van der Waals surface area (Å²) in [7, 11) is -3.72. The number of aryl methyl sites for hydroxylation is 1. The molecule has 0 fully saturated rings. The molecular formula is C17H18N4O3S. The first-order chi connectivity index (χ1) is 11.9. The number of aliphatic imine (C=N–C) groups is 1. The van der Waals surface area contributed by atoms with Crippen LogP contribution in [0.15, 0.2) is 52.4 Å². The number of carbonyl (C=O) groups is 1. The highest BCUT2D eigenvalue weighted by atomic mass is 32.2. The van der Waals surface area contributed by atoms with Gasteiger partial charge in [-0.3, -0.25) is 14.5 Å². The minimum Gasteiger partial charge on any atom is -0.321 e. The molecule has 1 aromatic heterocycles. The molecule has 1 aliphatic rings. The van der Waals surface area contributed by atoms with E-state index in [0.717, 1.165) is 12.1 Å². The minimum atomic E-state index is -3.72. The molecule has 2 N–H and O–H groups in total. The van der Waals surface area contributed by atoms with Crippen LogP contribution in [0.3, 0.4) is 0 Å². The number of amides is 1. The van der Waals surface area contributed by atoms with Crippen molar-refractivity contribution in [2.24, 2.45) is 4.99 Å². The highest BCUT2D eigenvalue weighted by Crippen LogP contribution is 2.17. The van der Waals surface area contributed by atoms with Crippen LogP contribution in [0.1, 0.15) is 29.0 Å². The number of anilines is 1. The van der Waals surface area contributed by atoms with Gasteiger partial charge in [-0.2, -0.15) is 0 Å². The maximum atomic E-state index is 12.4. The van der Waals surface area contributed by atoms with Crippen molar-refractivity contribution >= 4 is 27.5 Å². The van der Waals surface area contributed by atoms with Crippen LogP contribution in [-0.2, 0) is 10.0 Å². The summed E-state index contributed by atoms with van der Waals surface area (Å²) in [6.07, 6.45) is 1.46. The Morgan fingerprint density at radius 3 is 2.68 bits per heavy atom. The molecule has 0 spiro atoms. The predicted octanol–water partition coefficient (Wildman–Crippen LogP) is 2.11. The Hall–Kier alpha value is -2.74. The van der Waals surface area contributed by atoms with E-state index >= 15 is 0 Å². The molecule has 0 aliphatic carbocycles. The number of sulfonamides is 1. The van der Waals surface area contributed by atoms with Gasteiger partial charge in [-0.25, -0.2) is 13.4 Å². The van der Waals surface area contributed by atoms with Crippen molar-refractivity contribution in [3.8, 4) is 0 Å². The molecule has 0 atom stereocenters. The molecule has 0 unspecified atom stereocenters. The number of carbonyl (C=O) groups excluding carboxylic acids is 1. The Balaban J connectivity index is 1.78. The molecule has 2 aromatic rings. The van der Waals surface area contributed by atoms with E-state index in [9.17, 15) is 13.2 Å². The third kappa shape index (κ3) is 4.21. The average Bonchev–Trinajstić information content (AvgIpc) is 3.07. The molecule has 1 amide bonds. The monoisotopic (exact) mass is 358 g/mol. The fourth-order valence-corrected chi connectivity index (χ4v) is 3.58. The lowest BCUT2D eigenvalue weighted by atomic mass is 10.2.